The van der Waals surface area contributed by atoms with Crippen molar-refractivity contribution in [2.45, 2.75) is 46.5 Å². The van der Waals surface area contributed by atoms with Gasteiger partial charge in [0.2, 0.25) is 0 Å². The average Bonchev–Trinajstić information content (AvgIpc) is 2.54. The van der Waals surface area contributed by atoms with Crippen LogP contribution in [0.3, 0.4) is 0 Å². The highest BCUT2D eigenvalue weighted by atomic mass is 16.1. The van der Waals surface area contributed by atoms with E-state index in [1.54, 1.807) is 0 Å². The lowest BCUT2D eigenvalue weighted by Crippen LogP contribution is -2.11. The van der Waals surface area contributed by atoms with Gasteiger partial charge in [-0.05, 0) is 41.5 Å². The van der Waals surface area contributed by atoms with E-state index in [0.29, 0.717) is 6.42 Å². The first-order valence-corrected chi connectivity index (χ1v) is 7.91. The van der Waals surface area contributed by atoms with Crippen molar-refractivity contribution >= 4 is 5.78 Å². The molecule has 2 aromatic carbocycles. The van der Waals surface area contributed by atoms with E-state index < -0.39 is 0 Å². The number of carbonyl (C=O) groups is 1. The highest BCUT2D eigenvalue weighted by molar-refractivity contribution is 6.00. The largest absolute Gasteiger partial charge is 0.294 e. The molecule has 0 amide bonds. The zero-order chi connectivity index (χ0) is 15.2. The van der Waals surface area contributed by atoms with Crippen molar-refractivity contribution in [1.82, 2.24) is 0 Å². The van der Waals surface area contributed by atoms with Gasteiger partial charge in [0, 0.05) is 12.0 Å². The van der Waals surface area contributed by atoms with E-state index >= 15 is 0 Å². The maximum atomic E-state index is 12.8. The summed E-state index contributed by atoms with van der Waals surface area (Å²) in [4.78, 5) is 12.8. The van der Waals surface area contributed by atoms with E-state index in [1.165, 1.54) is 16.7 Å². The normalized spacial score (nSPS) is 10.6. The summed E-state index contributed by atoms with van der Waals surface area (Å²) < 4.78 is 0. The second kappa shape index (κ2) is 7.21. The SMILES string of the molecule is CCc1cc(CC)c(C(=O)Cc2ccccc2)c(CC)c1. The molecule has 0 aliphatic heterocycles. The molecule has 0 aromatic heterocycles. The fraction of sp³-hybridized carbons (Fsp3) is 0.350. The molecule has 0 saturated carbocycles. The van der Waals surface area contributed by atoms with Crippen LogP contribution in [0.5, 0.6) is 0 Å². The lowest BCUT2D eigenvalue weighted by atomic mass is 9.89. The summed E-state index contributed by atoms with van der Waals surface area (Å²) in [6.45, 7) is 6.43. The zero-order valence-corrected chi connectivity index (χ0v) is 13.3. The van der Waals surface area contributed by atoms with Gasteiger partial charge in [-0.2, -0.15) is 0 Å². The van der Waals surface area contributed by atoms with Crippen LogP contribution >= 0.6 is 0 Å². The van der Waals surface area contributed by atoms with Crippen LogP contribution in [-0.4, -0.2) is 5.78 Å². The minimum atomic E-state index is 0.248. The maximum absolute atomic E-state index is 12.8. The molecule has 1 heteroatoms. The Hall–Kier alpha value is -1.89. The summed E-state index contributed by atoms with van der Waals surface area (Å²) in [6.07, 6.45) is 3.34. The third kappa shape index (κ3) is 3.60. The van der Waals surface area contributed by atoms with Crippen LogP contribution in [0.15, 0.2) is 42.5 Å². The average molecular weight is 280 g/mol. The summed E-state index contributed by atoms with van der Waals surface area (Å²) in [7, 11) is 0. The maximum Gasteiger partial charge on any atom is 0.167 e. The smallest absolute Gasteiger partial charge is 0.167 e. The van der Waals surface area contributed by atoms with Gasteiger partial charge < -0.3 is 0 Å². The minimum Gasteiger partial charge on any atom is -0.294 e. The fourth-order valence-electron chi connectivity index (χ4n) is 2.83. The summed E-state index contributed by atoms with van der Waals surface area (Å²) in [6, 6.07) is 14.4. The topological polar surface area (TPSA) is 17.1 Å². The Balaban J connectivity index is 2.39. The first kappa shape index (κ1) is 15.5. The minimum absolute atomic E-state index is 0.248. The second-order valence-electron chi connectivity index (χ2n) is 5.44. The lowest BCUT2D eigenvalue weighted by Gasteiger charge is -2.14. The number of benzene rings is 2. The van der Waals surface area contributed by atoms with Gasteiger partial charge in [0.25, 0.3) is 0 Å². The van der Waals surface area contributed by atoms with Crippen LogP contribution in [0, 0.1) is 0 Å². The van der Waals surface area contributed by atoms with E-state index in [9.17, 15) is 4.79 Å². The second-order valence-corrected chi connectivity index (χ2v) is 5.44. The Labute approximate surface area is 128 Å². The fourth-order valence-corrected chi connectivity index (χ4v) is 2.83. The number of rotatable bonds is 6. The molecular weight excluding hydrogens is 256 g/mol. The summed E-state index contributed by atoms with van der Waals surface area (Å²) in [5.41, 5.74) is 5.78. The van der Waals surface area contributed by atoms with Gasteiger partial charge in [0.05, 0.1) is 0 Å². The monoisotopic (exact) mass is 280 g/mol. The Kier molecular flexibility index (Phi) is 5.32. The van der Waals surface area contributed by atoms with Gasteiger partial charge in [-0.15, -0.1) is 0 Å². The molecule has 0 fully saturated rings. The molecule has 0 bridgehead atoms. The Morgan fingerprint density at radius 2 is 1.38 bits per heavy atom. The van der Waals surface area contributed by atoms with Crippen molar-refractivity contribution in [1.29, 1.82) is 0 Å². The zero-order valence-electron chi connectivity index (χ0n) is 13.3. The predicted molar refractivity (Wildman–Crippen MR) is 89.1 cm³/mol. The van der Waals surface area contributed by atoms with Crippen LogP contribution in [0.2, 0.25) is 0 Å². The number of hydrogen-bond donors (Lipinski definition) is 0. The van der Waals surface area contributed by atoms with Gasteiger partial charge >= 0.3 is 0 Å². The molecule has 2 aromatic rings. The molecule has 2 rings (SSSR count). The standard InChI is InChI=1S/C20H24O/c1-4-15-12-17(5-2)20(18(6-3)13-15)19(21)14-16-10-8-7-9-11-16/h7-13H,4-6,14H2,1-3H3. The van der Waals surface area contributed by atoms with E-state index in [0.717, 1.165) is 30.4 Å². The van der Waals surface area contributed by atoms with Gasteiger partial charge in [-0.3, -0.25) is 4.79 Å². The first-order valence-electron chi connectivity index (χ1n) is 7.91. The van der Waals surface area contributed by atoms with Crippen molar-refractivity contribution in [2.75, 3.05) is 0 Å². The highest BCUT2D eigenvalue weighted by Gasteiger charge is 2.16. The molecule has 0 N–H and O–H groups in total. The molecule has 0 radical (unpaired) electrons. The van der Waals surface area contributed by atoms with Crippen molar-refractivity contribution in [2.24, 2.45) is 0 Å². The van der Waals surface area contributed by atoms with Crippen LogP contribution in [0.4, 0.5) is 0 Å². The Morgan fingerprint density at radius 1 is 0.810 bits per heavy atom. The van der Waals surface area contributed by atoms with Crippen LogP contribution < -0.4 is 0 Å². The summed E-state index contributed by atoms with van der Waals surface area (Å²) >= 11 is 0. The van der Waals surface area contributed by atoms with Crippen molar-refractivity contribution in [3.05, 3.63) is 70.3 Å². The molecule has 0 atom stereocenters. The van der Waals surface area contributed by atoms with Crippen LogP contribution in [-0.2, 0) is 25.7 Å². The number of ketones is 1. The van der Waals surface area contributed by atoms with Crippen molar-refractivity contribution in [3.63, 3.8) is 0 Å². The van der Waals surface area contributed by atoms with Gasteiger partial charge in [-0.1, -0.05) is 63.2 Å². The molecular formula is C20H24O. The van der Waals surface area contributed by atoms with Crippen molar-refractivity contribution in [3.8, 4) is 0 Å². The molecule has 0 heterocycles. The number of carbonyl (C=O) groups excluding carboxylic acids is 1. The van der Waals surface area contributed by atoms with E-state index in [-0.39, 0.29) is 5.78 Å². The highest BCUT2D eigenvalue weighted by Crippen LogP contribution is 2.22. The van der Waals surface area contributed by atoms with Gasteiger partial charge in [0.15, 0.2) is 5.78 Å². The van der Waals surface area contributed by atoms with Crippen LogP contribution in [0.1, 0.15) is 53.4 Å². The number of aryl methyl sites for hydroxylation is 3. The Morgan fingerprint density at radius 3 is 1.86 bits per heavy atom. The molecule has 0 aliphatic rings. The molecule has 110 valence electrons. The summed E-state index contributed by atoms with van der Waals surface area (Å²) in [5.74, 6) is 0.248. The van der Waals surface area contributed by atoms with Gasteiger partial charge in [0.1, 0.15) is 0 Å². The molecule has 0 unspecified atom stereocenters. The van der Waals surface area contributed by atoms with E-state index in [2.05, 4.69) is 32.9 Å². The van der Waals surface area contributed by atoms with E-state index in [4.69, 9.17) is 0 Å². The third-order valence-corrected chi connectivity index (χ3v) is 4.02. The quantitative estimate of drug-likeness (QED) is 0.695. The Bertz CT molecular complexity index is 586. The molecule has 0 aliphatic carbocycles. The molecule has 0 spiro atoms. The summed E-state index contributed by atoms with van der Waals surface area (Å²) in [5, 5.41) is 0. The molecule has 1 nitrogen and oxygen atoms in total. The van der Waals surface area contributed by atoms with Gasteiger partial charge in [-0.25, -0.2) is 0 Å². The molecule has 0 saturated heterocycles. The lowest BCUT2D eigenvalue weighted by molar-refractivity contribution is 0.0991. The van der Waals surface area contributed by atoms with Crippen LogP contribution in [0.25, 0.3) is 0 Å². The van der Waals surface area contributed by atoms with Crippen molar-refractivity contribution < 1.29 is 4.79 Å². The molecule has 21 heavy (non-hydrogen) atoms. The van der Waals surface area contributed by atoms with E-state index in [1.807, 2.05) is 30.3 Å². The third-order valence-electron chi connectivity index (χ3n) is 4.02. The number of hydrogen-bond acceptors (Lipinski definition) is 1. The first-order chi connectivity index (χ1) is 10.2. The predicted octanol–water partition coefficient (Wildman–Crippen LogP) is 4.80. The number of Topliss-reactive ketones (excluding diaryl/α,β-unsaturated/α-hetero) is 1.